The third-order valence-electron chi connectivity index (χ3n) is 4.09. The van der Waals surface area contributed by atoms with Crippen molar-refractivity contribution in [1.82, 2.24) is 10.5 Å². The number of aromatic nitrogens is 1. The molecular weight excluding hydrogens is 350 g/mol. The third kappa shape index (κ3) is 3.51. The number of fused-ring (bicyclic) bond motifs is 1. The summed E-state index contributed by atoms with van der Waals surface area (Å²) in [5.41, 5.74) is 4.39. The van der Waals surface area contributed by atoms with Gasteiger partial charge in [-0.15, -0.1) is 0 Å². The SMILES string of the molecule is COC(=O)c1ccc2[nH]c(O)c(C(C)=Nc3ccc(C(=O)NO)cc3)c2c1. The maximum atomic E-state index is 11.8. The highest BCUT2D eigenvalue weighted by atomic mass is 16.5. The minimum absolute atomic E-state index is 0.0652. The number of esters is 1. The largest absolute Gasteiger partial charge is 0.494 e. The summed E-state index contributed by atoms with van der Waals surface area (Å²) in [6, 6.07) is 11.2. The Morgan fingerprint density at radius 1 is 1.11 bits per heavy atom. The lowest BCUT2D eigenvalue weighted by molar-refractivity contribution is 0.0600. The zero-order chi connectivity index (χ0) is 19.6. The molecule has 1 aromatic heterocycles. The monoisotopic (exact) mass is 367 g/mol. The minimum Gasteiger partial charge on any atom is -0.494 e. The molecule has 1 heterocycles. The number of benzene rings is 2. The van der Waals surface area contributed by atoms with E-state index in [1.165, 1.54) is 19.2 Å². The molecule has 0 bridgehead atoms. The van der Waals surface area contributed by atoms with Gasteiger partial charge in [-0.3, -0.25) is 15.0 Å². The van der Waals surface area contributed by atoms with E-state index in [0.29, 0.717) is 33.4 Å². The van der Waals surface area contributed by atoms with Gasteiger partial charge in [-0.1, -0.05) is 0 Å². The Labute approximate surface area is 154 Å². The fourth-order valence-corrected chi connectivity index (χ4v) is 2.79. The molecule has 2 aromatic carbocycles. The Balaban J connectivity index is 2.02. The molecule has 0 unspecified atom stereocenters. The van der Waals surface area contributed by atoms with Crippen molar-refractivity contribution >= 4 is 34.2 Å². The van der Waals surface area contributed by atoms with Gasteiger partial charge in [0.2, 0.25) is 0 Å². The van der Waals surface area contributed by atoms with Crippen LogP contribution >= 0.6 is 0 Å². The van der Waals surface area contributed by atoms with Crippen LogP contribution in [0.2, 0.25) is 0 Å². The van der Waals surface area contributed by atoms with Gasteiger partial charge in [0, 0.05) is 16.5 Å². The van der Waals surface area contributed by atoms with Crippen molar-refractivity contribution in [2.24, 2.45) is 4.99 Å². The first-order chi connectivity index (χ1) is 12.9. The molecule has 0 radical (unpaired) electrons. The lowest BCUT2D eigenvalue weighted by atomic mass is 10.1. The summed E-state index contributed by atoms with van der Waals surface area (Å²) in [5.74, 6) is -1.16. The number of hydrogen-bond acceptors (Lipinski definition) is 6. The van der Waals surface area contributed by atoms with Gasteiger partial charge in [-0.2, -0.15) is 0 Å². The second kappa shape index (κ2) is 7.30. The molecule has 3 aromatic rings. The molecule has 0 fully saturated rings. The highest BCUT2D eigenvalue weighted by Crippen LogP contribution is 2.30. The molecule has 0 aliphatic rings. The van der Waals surface area contributed by atoms with Crippen LogP contribution in [0.15, 0.2) is 47.5 Å². The molecular formula is C19H17N3O5. The van der Waals surface area contributed by atoms with Gasteiger partial charge >= 0.3 is 5.97 Å². The van der Waals surface area contributed by atoms with Crippen LogP contribution < -0.4 is 5.48 Å². The summed E-state index contributed by atoms with van der Waals surface area (Å²) in [6.07, 6.45) is 0. The summed E-state index contributed by atoms with van der Waals surface area (Å²) in [7, 11) is 1.30. The molecule has 0 saturated carbocycles. The molecule has 8 heteroatoms. The van der Waals surface area contributed by atoms with E-state index in [2.05, 4.69) is 9.98 Å². The van der Waals surface area contributed by atoms with Crippen molar-refractivity contribution in [2.75, 3.05) is 7.11 Å². The molecule has 1 amide bonds. The van der Waals surface area contributed by atoms with Crippen molar-refractivity contribution in [3.05, 3.63) is 59.2 Å². The number of hydroxylamine groups is 1. The molecule has 0 aliphatic heterocycles. The van der Waals surface area contributed by atoms with Crippen LogP contribution in [-0.4, -0.2) is 40.0 Å². The first-order valence-electron chi connectivity index (χ1n) is 7.97. The van der Waals surface area contributed by atoms with Gasteiger partial charge in [0.15, 0.2) is 5.88 Å². The third-order valence-corrected chi connectivity index (χ3v) is 4.09. The maximum absolute atomic E-state index is 11.8. The van der Waals surface area contributed by atoms with Crippen molar-refractivity contribution in [3.63, 3.8) is 0 Å². The lowest BCUT2D eigenvalue weighted by Gasteiger charge is -2.04. The van der Waals surface area contributed by atoms with Crippen LogP contribution in [-0.2, 0) is 4.74 Å². The number of nitrogens with one attached hydrogen (secondary N) is 2. The average molecular weight is 367 g/mol. The fourth-order valence-electron chi connectivity index (χ4n) is 2.79. The molecule has 4 N–H and O–H groups in total. The number of aromatic hydroxyl groups is 1. The molecule has 138 valence electrons. The summed E-state index contributed by atoms with van der Waals surface area (Å²) in [4.78, 5) is 30.4. The highest BCUT2D eigenvalue weighted by Gasteiger charge is 2.16. The number of H-pyrrole nitrogens is 1. The van der Waals surface area contributed by atoms with E-state index in [4.69, 9.17) is 9.94 Å². The molecule has 27 heavy (non-hydrogen) atoms. The molecule has 0 saturated heterocycles. The Morgan fingerprint density at radius 2 is 1.78 bits per heavy atom. The molecule has 0 atom stereocenters. The van der Waals surface area contributed by atoms with Crippen LogP contribution in [0, 0.1) is 0 Å². The van der Waals surface area contributed by atoms with Crippen molar-refractivity contribution in [3.8, 4) is 5.88 Å². The smallest absolute Gasteiger partial charge is 0.337 e. The number of hydrogen-bond donors (Lipinski definition) is 4. The van der Waals surface area contributed by atoms with Crippen LogP contribution in [0.25, 0.3) is 10.9 Å². The van der Waals surface area contributed by atoms with Gasteiger partial charge in [0.25, 0.3) is 5.91 Å². The zero-order valence-electron chi connectivity index (χ0n) is 14.6. The molecule has 8 nitrogen and oxygen atoms in total. The number of aliphatic imine (C=N–C) groups is 1. The molecule has 3 rings (SSSR count). The minimum atomic E-state index is -0.619. The van der Waals surface area contributed by atoms with Crippen molar-refractivity contribution in [2.45, 2.75) is 6.92 Å². The van der Waals surface area contributed by atoms with Crippen LogP contribution in [0.4, 0.5) is 5.69 Å². The Kier molecular flexibility index (Phi) is 4.91. The Hall–Kier alpha value is -3.65. The molecule has 0 aliphatic carbocycles. The van der Waals surface area contributed by atoms with Crippen LogP contribution in [0.5, 0.6) is 5.88 Å². The first-order valence-corrected chi connectivity index (χ1v) is 7.97. The van der Waals surface area contributed by atoms with E-state index < -0.39 is 11.9 Å². The Morgan fingerprint density at radius 3 is 2.41 bits per heavy atom. The highest BCUT2D eigenvalue weighted by molar-refractivity contribution is 6.13. The van der Waals surface area contributed by atoms with Gasteiger partial charge < -0.3 is 14.8 Å². The van der Waals surface area contributed by atoms with Gasteiger partial charge in [0.05, 0.1) is 29.6 Å². The fraction of sp³-hybridized carbons (Fsp3) is 0.105. The summed E-state index contributed by atoms with van der Waals surface area (Å²) in [6.45, 7) is 1.72. The number of carbonyl (C=O) groups is 2. The van der Waals surface area contributed by atoms with Crippen LogP contribution in [0.1, 0.15) is 33.2 Å². The number of nitrogens with zero attached hydrogens (tertiary/aromatic N) is 1. The Bertz CT molecular complexity index is 1050. The number of rotatable bonds is 4. The predicted molar refractivity (Wildman–Crippen MR) is 98.9 cm³/mol. The normalized spacial score (nSPS) is 11.4. The summed E-state index contributed by atoms with van der Waals surface area (Å²) < 4.78 is 4.74. The van der Waals surface area contributed by atoms with E-state index >= 15 is 0 Å². The van der Waals surface area contributed by atoms with Gasteiger partial charge in [-0.05, 0) is 49.4 Å². The first kappa shape index (κ1) is 18.2. The number of methoxy groups -OCH3 is 1. The quantitative estimate of drug-likeness (QED) is 0.244. The number of aromatic amines is 1. The number of ether oxygens (including phenoxy) is 1. The summed E-state index contributed by atoms with van der Waals surface area (Å²) >= 11 is 0. The second-order valence-corrected chi connectivity index (χ2v) is 5.79. The van der Waals surface area contributed by atoms with E-state index in [1.54, 1.807) is 42.7 Å². The van der Waals surface area contributed by atoms with Gasteiger partial charge in [-0.25, -0.2) is 10.3 Å². The lowest BCUT2D eigenvalue weighted by Crippen LogP contribution is -2.18. The standard InChI is InChI=1S/C19H17N3O5/c1-10(20-13-6-3-11(4-7-13)17(23)22-26)16-14-9-12(19(25)27-2)5-8-15(14)21-18(16)24/h3-9,21,24,26H,1-2H3,(H,22,23). The van der Waals surface area contributed by atoms with E-state index in [-0.39, 0.29) is 11.4 Å². The predicted octanol–water partition coefficient (Wildman–Crippen LogP) is 2.92. The van der Waals surface area contributed by atoms with Crippen LogP contribution in [0.3, 0.4) is 0 Å². The van der Waals surface area contributed by atoms with Gasteiger partial charge in [0.1, 0.15) is 0 Å². The average Bonchev–Trinajstić information content (AvgIpc) is 3.02. The van der Waals surface area contributed by atoms with Crippen molar-refractivity contribution < 1.29 is 24.6 Å². The molecule has 0 spiro atoms. The second-order valence-electron chi connectivity index (χ2n) is 5.79. The zero-order valence-corrected chi connectivity index (χ0v) is 14.6. The topological polar surface area (TPSA) is 124 Å². The van der Waals surface area contributed by atoms with E-state index in [9.17, 15) is 14.7 Å². The number of amides is 1. The van der Waals surface area contributed by atoms with Crippen molar-refractivity contribution in [1.29, 1.82) is 0 Å². The number of carbonyl (C=O) groups excluding carboxylic acids is 2. The van der Waals surface area contributed by atoms with E-state index in [0.717, 1.165) is 0 Å². The summed E-state index contributed by atoms with van der Waals surface area (Å²) in [5, 5.41) is 19.6. The van der Waals surface area contributed by atoms with E-state index in [1.807, 2.05) is 0 Å². The maximum Gasteiger partial charge on any atom is 0.337 e.